The smallest absolute Gasteiger partial charge is 0.124 e. The van der Waals surface area contributed by atoms with E-state index in [9.17, 15) is 4.79 Å². The molecule has 48 valence electrons. The summed E-state index contributed by atoms with van der Waals surface area (Å²) < 4.78 is 0. The van der Waals surface area contributed by atoms with E-state index in [4.69, 9.17) is 0 Å². The van der Waals surface area contributed by atoms with Crippen molar-refractivity contribution in [3.63, 3.8) is 0 Å². The van der Waals surface area contributed by atoms with Gasteiger partial charge in [0.15, 0.2) is 0 Å². The molecule has 0 spiro atoms. The number of allylic oxidation sites excluding steroid dienone is 2. The Bertz CT molecular complexity index is 146. The molecule has 0 aliphatic heterocycles. The molecule has 0 aromatic rings. The van der Waals surface area contributed by atoms with Crippen LogP contribution in [-0.4, -0.2) is 6.29 Å². The summed E-state index contributed by atoms with van der Waals surface area (Å²) in [6, 6.07) is 0. The molecule has 2 rings (SSSR count). The van der Waals surface area contributed by atoms with E-state index in [1.165, 1.54) is 12.8 Å². The Kier molecular flexibility index (Phi) is 0.981. The van der Waals surface area contributed by atoms with Gasteiger partial charge < -0.3 is 4.79 Å². The molecule has 9 heavy (non-hydrogen) atoms. The summed E-state index contributed by atoms with van der Waals surface area (Å²) in [5.41, 5.74) is 0. The first-order valence-electron chi connectivity index (χ1n) is 3.55. The highest BCUT2D eigenvalue weighted by atomic mass is 16.1. The van der Waals surface area contributed by atoms with Gasteiger partial charge in [0.05, 0.1) is 0 Å². The Morgan fingerprint density at radius 1 is 1.22 bits per heavy atom. The van der Waals surface area contributed by atoms with E-state index in [1.807, 2.05) is 0 Å². The van der Waals surface area contributed by atoms with Crippen LogP contribution in [0.5, 0.6) is 0 Å². The van der Waals surface area contributed by atoms with Crippen molar-refractivity contribution in [1.29, 1.82) is 0 Å². The number of hydrogen-bond acceptors (Lipinski definition) is 1. The third-order valence-corrected chi connectivity index (χ3v) is 2.58. The zero-order chi connectivity index (χ0) is 6.27. The lowest BCUT2D eigenvalue weighted by Gasteiger charge is -2.03. The van der Waals surface area contributed by atoms with Crippen LogP contribution in [0.4, 0.5) is 0 Å². The number of hydrogen-bond donors (Lipinski definition) is 0. The van der Waals surface area contributed by atoms with Crippen LogP contribution in [-0.2, 0) is 4.79 Å². The second-order valence-corrected chi connectivity index (χ2v) is 3.00. The summed E-state index contributed by atoms with van der Waals surface area (Å²) in [7, 11) is 0. The fourth-order valence-electron chi connectivity index (χ4n) is 2.02. The van der Waals surface area contributed by atoms with Gasteiger partial charge in [0.2, 0.25) is 0 Å². The van der Waals surface area contributed by atoms with Gasteiger partial charge in [-0.3, -0.25) is 0 Å². The minimum absolute atomic E-state index is 0.352. The van der Waals surface area contributed by atoms with Gasteiger partial charge in [-0.05, 0) is 24.7 Å². The van der Waals surface area contributed by atoms with E-state index in [1.54, 1.807) is 0 Å². The van der Waals surface area contributed by atoms with Gasteiger partial charge in [-0.2, -0.15) is 0 Å². The Labute approximate surface area is 54.8 Å². The van der Waals surface area contributed by atoms with Crippen LogP contribution < -0.4 is 0 Å². The zero-order valence-corrected chi connectivity index (χ0v) is 5.29. The average molecular weight is 122 g/mol. The number of rotatable bonds is 1. The summed E-state index contributed by atoms with van der Waals surface area (Å²) in [5, 5.41) is 0. The van der Waals surface area contributed by atoms with Crippen molar-refractivity contribution < 1.29 is 4.79 Å². The summed E-state index contributed by atoms with van der Waals surface area (Å²) in [4.78, 5) is 10.4. The highest BCUT2D eigenvalue weighted by Crippen LogP contribution is 2.42. The second kappa shape index (κ2) is 1.69. The number of aldehydes is 1. The minimum atomic E-state index is 0.352. The SMILES string of the molecule is O=CC1C2C=CC1CC2. The highest BCUT2D eigenvalue weighted by molar-refractivity contribution is 5.58. The molecule has 0 N–H and O–H groups in total. The van der Waals surface area contributed by atoms with E-state index < -0.39 is 0 Å². The van der Waals surface area contributed by atoms with Crippen LogP contribution in [0.15, 0.2) is 12.2 Å². The van der Waals surface area contributed by atoms with E-state index in [0.29, 0.717) is 17.8 Å². The van der Waals surface area contributed by atoms with Gasteiger partial charge in [-0.25, -0.2) is 0 Å². The molecule has 2 unspecified atom stereocenters. The molecule has 0 aromatic heterocycles. The molecule has 2 aliphatic carbocycles. The molecule has 1 nitrogen and oxygen atoms in total. The first-order chi connectivity index (χ1) is 4.42. The van der Waals surface area contributed by atoms with Crippen molar-refractivity contribution in [1.82, 2.24) is 0 Å². The quantitative estimate of drug-likeness (QED) is 0.379. The molecule has 1 fully saturated rings. The van der Waals surface area contributed by atoms with Crippen molar-refractivity contribution in [3.8, 4) is 0 Å². The van der Waals surface area contributed by atoms with Crippen LogP contribution in [0.2, 0.25) is 0 Å². The second-order valence-electron chi connectivity index (χ2n) is 3.00. The van der Waals surface area contributed by atoms with E-state index in [-0.39, 0.29) is 0 Å². The van der Waals surface area contributed by atoms with Gasteiger partial charge in [0.1, 0.15) is 6.29 Å². The van der Waals surface area contributed by atoms with E-state index >= 15 is 0 Å². The summed E-state index contributed by atoms with van der Waals surface area (Å²) in [6.07, 6.45) is 8.01. The molecule has 2 atom stereocenters. The average Bonchev–Trinajstić information content (AvgIpc) is 2.44. The Morgan fingerprint density at radius 3 is 2.00 bits per heavy atom. The van der Waals surface area contributed by atoms with Gasteiger partial charge in [0.25, 0.3) is 0 Å². The lowest BCUT2D eigenvalue weighted by atomic mass is 9.99. The van der Waals surface area contributed by atoms with Crippen molar-refractivity contribution >= 4 is 6.29 Å². The monoisotopic (exact) mass is 122 g/mol. The summed E-state index contributed by atoms with van der Waals surface area (Å²) in [6.45, 7) is 0. The van der Waals surface area contributed by atoms with Crippen molar-refractivity contribution in [2.75, 3.05) is 0 Å². The summed E-state index contributed by atoms with van der Waals surface area (Å²) >= 11 is 0. The molecular formula is C8H10O. The predicted molar refractivity (Wildman–Crippen MR) is 34.9 cm³/mol. The van der Waals surface area contributed by atoms with Crippen LogP contribution in [0.1, 0.15) is 12.8 Å². The lowest BCUT2D eigenvalue weighted by molar-refractivity contribution is -0.112. The third-order valence-electron chi connectivity index (χ3n) is 2.58. The fraction of sp³-hybridized carbons (Fsp3) is 0.625. The maximum absolute atomic E-state index is 10.4. The number of fused-ring (bicyclic) bond motifs is 2. The van der Waals surface area contributed by atoms with Gasteiger partial charge in [0, 0.05) is 5.92 Å². The Morgan fingerprint density at radius 2 is 1.78 bits per heavy atom. The molecule has 1 heteroatoms. The van der Waals surface area contributed by atoms with Gasteiger partial charge >= 0.3 is 0 Å². The van der Waals surface area contributed by atoms with Crippen molar-refractivity contribution in [2.45, 2.75) is 12.8 Å². The molecule has 0 saturated heterocycles. The standard InChI is InChI=1S/C8H10O/c9-5-8-6-1-2-7(8)4-3-6/h1-2,5-8H,3-4H2. The lowest BCUT2D eigenvalue weighted by Crippen LogP contribution is -2.07. The zero-order valence-electron chi connectivity index (χ0n) is 5.29. The molecule has 0 radical (unpaired) electrons. The van der Waals surface area contributed by atoms with Crippen LogP contribution in [0, 0.1) is 17.8 Å². The molecule has 1 saturated carbocycles. The van der Waals surface area contributed by atoms with Crippen molar-refractivity contribution in [3.05, 3.63) is 12.2 Å². The van der Waals surface area contributed by atoms with Gasteiger partial charge in [-0.15, -0.1) is 0 Å². The number of carbonyl (C=O) groups is 1. The fourth-order valence-corrected chi connectivity index (χ4v) is 2.02. The highest BCUT2D eigenvalue weighted by Gasteiger charge is 2.36. The normalized spacial score (nSPS) is 46.0. The Hall–Kier alpha value is -0.590. The number of carbonyl (C=O) groups excluding carboxylic acids is 1. The first-order valence-corrected chi connectivity index (χ1v) is 3.55. The first kappa shape index (κ1) is 5.21. The third kappa shape index (κ3) is 0.576. The molecule has 0 aromatic carbocycles. The molecule has 0 amide bonds. The predicted octanol–water partition coefficient (Wildman–Crippen LogP) is 1.40. The molecule has 2 bridgehead atoms. The van der Waals surface area contributed by atoms with Crippen LogP contribution in [0.3, 0.4) is 0 Å². The topological polar surface area (TPSA) is 17.1 Å². The molecule has 2 aliphatic rings. The largest absolute Gasteiger partial charge is 0.303 e. The van der Waals surface area contributed by atoms with Crippen molar-refractivity contribution in [2.24, 2.45) is 17.8 Å². The molecular weight excluding hydrogens is 112 g/mol. The molecule has 0 heterocycles. The van der Waals surface area contributed by atoms with E-state index in [2.05, 4.69) is 12.2 Å². The Balaban J connectivity index is 2.24. The van der Waals surface area contributed by atoms with Crippen LogP contribution >= 0.6 is 0 Å². The van der Waals surface area contributed by atoms with E-state index in [0.717, 1.165) is 6.29 Å². The minimum Gasteiger partial charge on any atom is -0.303 e. The maximum atomic E-state index is 10.4. The van der Waals surface area contributed by atoms with Gasteiger partial charge in [-0.1, -0.05) is 12.2 Å². The maximum Gasteiger partial charge on any atom is 0.124 e. The van der Waals surface area contributed by atoms with Crippen LogP contribution in [0.25, 0.3) is 0 Å². The summed E-state index contributed by atoms with van der Waals surface area (Å²) in [5.74, 6) is 1.56.